The number of nitrogens with one attached hydrogen (secondary N) is 1. The van der Waals surface area contributed by atoms with E-state index >= 15 is 0 Å². The van der Waals surface area contributed by atoms with Crippen molar-refractivity contribution < 1.29 is 17.9 Å². The Balaban J connectivity index is 1.36. The van der Waals surface area contributed by atoms with E-state index in [0.717, 1.165) is 13.1 Å². The van der Waals surface area contributed by atoms with Crippen molar-refractivity contribution in [2.45, 2.75) is 23.8 Å². The Bertz CT molecular complexity index is 1030. The molecule has 0 amide bonds. The van der Waals surface area contributed by atoms with Gasteiger partial charge >= 0.3 is 0 Å². The van der Waals surface area contributed by atoms with Gasteiger partial charge in [-0.15, -0.1) is 0 Å². The Morgan fingerprint density at radius 2 is 1.61 bits per heavy atom. The number of hydrogen-bond acceptors (Lipinski definition) is 6. The van der Waals surface area contributed by atoms with Gasteiger partial charge in [-0.05, 0) is 55.8 Å². The number of morpholine rings is 1. The average Bonchev–Trinajstić information content (AvgIpc) is 3.38. The van der Waals surface area contributed by atoms with Gasteiger partial charge in [0.25, 0.3) is 0 Å². The van der Waals surface area contributed by atoms with Gasteiger partial charge in [-0.3, -0.25) is 9.69 Å². The van der Waals surface area contributed by atoms with Crippen LogP contribution in [0.4, 0.5) is 0 Å². The Hall–Kier alpha value is -1.81. The van der Waals surface area contributed by atoms with Gasteiger partial charge in [-0.25, -0.2) is 8.42 Å². The number of carbonyl (C=O) groups is 1. The molecule has 1 unspecified atom stereocenters. The van der Waals surface area contributed by atoms with E-state index in [2.05, 4.69) is 10.2 Å². The van der Waals surface area contributed by atoms with Crippen molar-refractivity contribution in [3.63, 3.8) is 0 Å². The van der Waals surface area contributed by atoms with Crippen molar-refractivity contribution in [3.05, 3.63) is 64.7 Å². The maximum Gasteiger partial charge on any atom is 0.243 e. The van der Waals surface area contributed by atoms with Crippen LogP contribution >= 0.6 is 11.6 Å². The second-order valence-electron chi connectivity index (χ2n) is 8.41. The first-order valence-electron chi connectivity index (χ1n) is 11.4. The molecule has 2 fully saturated rings. The first kappa shape index (κ1) is 24.3. The number of likely N-dealkylation sites (tertiary alicyclic amines) is 1. The summed E-state index contributed by atoms with van der Waals surface area (Å²) in [5, 5.41) is 4.02. The third kappa shape index (κ3) is 6.01. The quantitative estimate of drug-likeness (QED) is 0.543. The lowest BCUT2D eigenvalue weighted by Crippen LogP contribution is -2.40. The summed E-state index contributed by atoms with van der Waals surface area (Å²) in [7, 11) is -3.56. The lowest BCUT2D eigenvalue weighted by atomic mass is 10.1. The van der Waals surface area contributed by atoms with Crippen LogP contribution in [0.5, 0.6) is 0 Å². The van der Waals surface area contributed by atoms with Crippen LogP contribution in [-0.4, -0.2) is 75.9 Å². The molecule has 1 atom stereocenters. The monoisotopic (exact) mass is 491 g/mol. The maximum atomic E-state index is 12.8. The number of rotatable bonds is 9. The minimum atomic E-state index is -3.56. The van der Waals surface area contributed by atoms with Crippen LogP contribution in [0.2, 0.25) is 5.02 Å². The fourth-order valence-electron chi connectivity index (χ4n) is 4.37. The minimum Gasteiger partial charge on any atom is -0.379 e. The first-order valence-corrected chi connectivity index (χ1v) is 13.2. The van der Waals surface area contributed by atoms with E-state index in [9.17, 15) is 13.2 Å². The number of nitrogens with zero attached hydrogens (tertiary/aromatic N) is 2. The molecule has 2 saturated heterocycles. The molecule has 0 bridgehead atoms. The Morgan fingerprint density at radius 1 is 0.970 bits per heavy atom. The van der Waals surface area contributed by atoms with Crippen LogP contribution in [0.3, 0.4) is 0 Å². The summed E-state index contributed by atoms with van der Waals surface area (Å²) in [6.07, 6.45) is 2.37. The molecule has 2 aromatic carbocycles. The summed E-state index contributed by atoms with van der Waals surface area (Å²) in [4.78, 5) is 15.4. The number of Topliss-reactive ketones (excluding diaryl/α,β-unsaturated/α-hetero) is 1. The van der Waals surface area contributed by atoms with E-state index in [-0.39, 0.29) is 23.3 Å². The van der Waals surface area contributed by atoms with E-state index in [1.807, 2.05) is 24.3 Å². The zero-order valence-electron chi connectivity index (χ0n) is 18.6. The van der Waals surface area contributed by atoms with Gasteiger partial charge < -0.3 is 10.1 Å². The Morgan fingerprint density at radius 3 is 2.24 bits per heavy atom. The van der Waals surface area contributed by atoms with Gasteiger partial charge in [0, 0.05) is 36.3 Å². The van der Waals surface area contributed by atoms with E-state index in [1.54, 1.807) is 12.1 Å². The van der Waals surface area contributed by atoms with Crippen molar-refractivity contribution in [2.75, 3.05) is 52.5 Å². The summed E-state index contributed by atoms with van der Waals surface area (Å²) < 4.78 is 32.2. The van der Waals surface area contributed by atoms with Gasteiger partial charge in [-0.1, -0.05) is 35.9 Å². The highest BCUT2D eigenvalue weighted by Crippen LogP contribution is 2.26. The number of benzene rings is 2. The van der Waals surface area contributed by atoms with E-state index in [0.29, 0.717) is 43.4 Å². The average molecular weight is 492 g/mol. The molecule has 2 aliphatic rings. The molecule has 0 spiro atoms. The predicted octanol–water partition coefficient (Wildman–Crippen LogP) is 2.97. The molecular formula is C24H30ClN3O4S. The summed E-state index contributed by atoms with van der Waals surface area (Å²) >= 11 is 6.05. The molecule has 7 nitrogen and oxygen atoms in total. The number of ketones is 1. The number of ether oxygens (including phenoxy) is 1. The van der Waals surface area contributed by atoms with Crippen molar-refractivity contribution in [2.24, 2.45) is 0 Å². The van der Waals surface area contributed by atoms with Crippen molar-refractivity contribution in [3.8, 4) is 0 Å². The zero-order valence-corrected chi connectivity index (χ0v) is 20.2. The van der Waals surface area contributed by atoms with Crippen molar-refractivity contribution in [1.82, 2.24) is 14.5 Å². The molecule has 2 aliphatic heterocycles. The van der Waals surface area contributed by atoms with Crippen molar-refractivity contribution in [1.29, 1.82) is 0 Å². The molecule has 4 rings (SSSR count). The second kappa shape index (κ2) is 11.1. The van der Waals surface area contributed by atoms with Crippen LogP contribution in [0, 0.1) is 0 Å². The standard InChI is InChI=1S/C24H30ClN3O4S/c25-21-7-3-19(4-8-21)23(27-11-1-2-12-27)17-26-18-24(29)20-5-9-22(10-6-20)33(30,31)28-13-15-32-16-14-28/h3-10,23,26H,1-2,11-18H2. The summed E-state index contributed by atoms with van der Waals surface area (Å²) in [6, 6.07) is 14.3. The SMILES string of the molecule is O=C(CNCC(c1ccc(Cl)cc1)N1CCCC1)c1ccc(S(=O)(=O)N2CCOCC2)cc1. The van der Waals surface area contributed by atoms with Gasteiger partial charge in [0.1, 0.15) is 0 Å². The minimum absolute atomic E-state index is 0.0680. The van der Waals surface area contributed by atoms with E-state index in [1.165, 1.54) is 34.8 Å². The normalized spacial score (nSPS) is 18.9. The predicted molar refractivity (Wildman–Crippen MR) is 128 cm³/mol. The third-order valence-electron chi connectivity index (χ3n) is 6.24. The van der Waals surface area contributed by atoms with Gasteiger partial charge in [-0.2, -0.15) is 4.31 Å². The molecule has 33 heavy (non-hydrogen) atoms. The van der Waals surface area contributed by atoms with E-state index in [4.69, 9.17) is 16.3 Å². The van der Waals surface area contributed by atoms with Crippen LogP contribution in [-0.2, 0) is 14.8 Å². The molecule has 1 N–H and O–H groups in total. The van der Waals surface area contributed by atoms with Crippen LogP contribution in [0.15, 0.2) is 53.4 Å². The number of sulfonamides is 1. The largest absolute Gasteiger partial charge is 0.379 e. The smallest absolute Gasteiger partial charge is 0.243 e. The molecule has 0 saturated carbocycles. The van der Waals surface area contributed by atoms with Crippen LogP contribution in [0.1, 0.15) is 34.8 Å². The topological polar surface area (TPSA) is 79.0 Å². The Kier molecular flexibility index (Phi) is 8.16. The highest BCUT2D eigenvalue weighted by molar-refractivity contribution is 7.89. The van der Waals surface area contributed by atoms with Crippen molar-refractivity contribution >= 4 is 27.4 Å². The molecule has 178 valence electrons. The number of hydrogen-bond donors (Lipinski definition) is 1. The second-order valence-corrected chi connectivity index (χ2v) is 10.8. The summed E-state index contributed by atoms with van der Waals surface area (Å²) in [5.41, 5.74) is 1.67. The molecule has 0 aromatic heterocycles. The lowest BCUT2D eigenvalue weighted by molar-refractivity contribution is 0.0730. The molecule has 2 heterocycles. The van der Waals surface area contributed by atoms with Gasteiger partial charge in [0.15, 0.2) is 5.78 Å². The summed E-state index contributed by atoms with van der Waals surface area (Å²) in [6.45, 7) is 4.41. The fraction of sp³-hybridized carbons (Fsp3) is 0.458. The Labute approximate surface area is 200 Å². The number of halogens is 1. The molecule has 0 radical (unpaired) electrons. The van der Waals surface area contributed by atoms with E-state index < -0.39 is 10.0 Å². The highest BCUT2D eigenvalue weighted by Gasteiger charge is 2.27. The summed E-state index contributed by atoms with van der Waals surface area (Å²) in [5.74, 6) is -0.0680. The zero-order chi connectivity index (χ0) is 23.3. The molecule has 0 aliphatic carbocycles. The first-order chi connectivity index (χ1) is 15.9. The lowest BCUT2D eigenvalue weighted by Gasteiger charge is -2.28. The van der Waals surface area contributed by atoms with Gasteiger partial charge in [0.05, 0.1) is 24.7 Å². The van der Waals surface area contributed by atoms with Crippen LogP contribution < -0.4 is 5.32 Å². The molecular weight excluding hydrogens is 462 g/mol. The molecule has 2 aromatic rings. The molecule has 9 heteroatoms. The van der Waals surface area contributed by atoms with Gasteiger partial charge in [0.2, 0.25) is 10.0 Å². The van der Waals surface area contributed by atoms with Crippen LogP contribution in [0.25, 0.3) is 0 Å². The maximum absolute atomic E-state index is 12.8. The number of carbonyl (C=O) groups excluding carboxylic acids is 1. The highest BCUT2D eigenvalue weighted by atomic mass is 35.5. The third-order valence-corrected chi connectivity index (χ3v) is 8.41. The fourth-order valence-corrected chi connectivity index (χ4v) is 5.90.